The molecule has 0 bridgehead atoms. The van der Waals surface area contributed by atoms with Gasteiger partial charge in [0.25, 0.3) is 0 Å². The molecule has 0 amide bonds. The Morgan fingerprint density at radius 1 is 0.778 bits per heavy atom. The molecule has 0 atom stereocenters. The second kappa shape index (κ2) is 4.45. The molecule has 0 fully saturated rings. The molecule has 86 valence electrons. The van der Waals surface area contributed by atoms with Crippen LogP contribution in [0.4, 0.5) is 13.2 Å². The van der Waals surface area contributed by atoms with Gasteiger partial charge in [0.05, 0.1) is 27.8 Å². The molecule has 1 rings (SSSR count). The lowest BCUT2D eigenvalue weighted by Crippen LogP contribution is -2.11. The molecule has 0 aliphatic rings. The van der Waals surface area contributed by atoms with Crippen LogP contribution in [0, 0.1) is 45.3 Å². The van der Waals surface area contributed by atoms with E-state index in [4.69, 9.17) is 21.0 Å². The fourth-order valence-electron chi connectivity index (χ4n) is 1.34. The van der Waals surface area contributed by atoms with Crippen molar-refractivity contribution in [3.8, 4) is 24.3 Å². The number of halogens is 3. The van der Waals surface area contributed by atoms with Crippen molar-refractivity contribution >= 4 is 0 Å². The topological polar surface area (TPSA) is 95.2 Å². The van der Waals surface area contributed by atoms with Crippen molar-refractivity contribution in [2.24, 2.45) is 0 Å². The highest BCUT2D eigenvalue weighted by Gasteiger charge is 2.36. The number of nitrogens with zero attached hydrogens (tertiary/aromatic N) is 4. The number of alkyl halides is 3. The lowest BCUT2D eigenvalue weighted by Gasteiger charge is -2.11. The molecule has 0 spiro atoms. The van der Waals surface area contributed by atoms with Gasteiger partial charge in [-0.05, 0) is 6.07 Å². The van der Waals surface area contributed by atoms with E-state index in [1.807, 2.05) is 0 Å². The summed E-state index contributed by atoms with van der Waals surface area (Å²) in [5.41, 5.74) is -4.17. The zero-order chi connectivity index (χ0) is 13.9. The van der Waals surface area contributed by atoms with Crippen molar-refractivity contribution in [2.75, 3.05) is 0 Å². The molecule has 0 aliphatic carbocycles. The predicted molar refractivity (Wildman–Crippen MR) is 50.3 cm³/mol. The summed E-state index contributed by atoms with van der Waals surface area (Å²) in [4.78, 5) is 0. The minimum Gasteiger partial charge on any atom is -0.192 e. The van der Waals surface area contributed by atoms with Crippen molar-refractivity contribution in [1.82, 2.24) is 0 Å². The van der Waals surface area contributed by atoms with E-state index >= 15 is 0 Å². The number of hydrogen-bond acceptors (Lipinski definition) is 4. The Morgan fingerprint density at radius 2 is 1.28 bits per heavy atom. The number of hydrogen-bond donors (Lipinski definition) is 0. The van der Waals surface area contributed by atoms with Crippen LogP contribution in [-0.2, 0) is 6.18 Å². The summed E-state index contributed by atoms with van der Waals surface area (Å²) in [7, 11) is 0. The van der Waals surface area contributed by atoms with Crippen molar-refractivity contribution in [3.63, 3.8) is 0 Å². The molecule has 1 aromatic rings. The fraction of sp³-hybridized carbons (Fsp3) is 0.0909. The average molecular weight is 246 g/mol. The third kappa shape index (κ3) is 1.94. The molecule has 0 radical (unpaired) electrons. The van der Waals surface area contributed by atoms with Gasteiger partial charge in [-0.2, -0.15) is 34.2 Å². The molecule has 0 aliphatic heterocycles. The molecule has 0 aromatic heterocycles. The Labute approximate surface area is 99.3 Å². The quantitative estimate of drug-likeness (QED) is 0.700. The maximum atomic E-state index is 12.7. The van der Waals surface area contributed by atoms with Crippen LogP contribution in [0.3, 0.4) is 0 Å². The Hall–Kier alpha value is -3.03. The monoisotopic (exact) mass is 246 g/mol. The smallest absolute Gasteiger partial charge is 0.192 e. The van der Waals surface area contributed by atoms with Crippen LogP contribution in [0.15, 0.2) is 6.07 Å². The van der Waals surface area contributed by atoms with E-state index in [2.05, 4.69) is 0 Å². The van der Waals surface area contributed by atoms with Gasteiger partial charge in [-0.3, -0.25) is 0 Å². The summed E-state index contributed by atoms with van der Waals surface area (Å²) in [6, 6.07) is 5.86. The zero-order valence-electron chi connectivity index (χ0n) is 8.50. The molecule has 1 aromatic carbocycles. The zero-order valence-corrected chi connectivity index (χ0v) is 8.50. The summed E-state index contributed by atoms with van der Waals surface area (Å²) in [6.45, 7) is 0. The van der Waals surface area contributed by atoms with Crippen LogP contribution in [0.25, 0.3) is 0 Å². The molecule has 0 unspecified atom stereocenters. The van der Waals surface area contributed by atoms with E-state index < -0.39 is 34.0 Å². The molecule has 0 saturated carbocycles. The third-order valence-electron chi connectivity index (χ3n) is 2.09. The molecule has 7 heteroatoms. The SMILES string of the molecule is N#Cc1cc(C(F)(F)F)c(C#N)c(C#N)c1C#N. The van der Waals surface area contributed by atoms with Crippen molar-refractivity contribution in [2.45, 2.75) is 6.18 Å². The van der Waals surface area contributed by atoms with Crippen LogP contribution >= 0.6 is 0 Å². The van der Waals surface area contributed by atoms with Gasteiger partial charge in [-0.15, -0.1) is 0 Å². The Balaban J connectivity index is 3.94. The van der Waals surface area contributed by atoms with Gasteiger partial charge in [0.2, 0.25) is 0 Å². The maximum Gasteiger partial charge on any atom is 0.417 e. The Morgan fingerprint density at radius 3 is 1.61 bits per heavy atom. The first-order chi connectivity index (χ1) is 8.40. The molecular formula is C11HF3N4. The van der Waals surface area contributed by atoms with Gasteiger partial charge in [0, 0.05) is 0 Å². The first kappa shape index (κ1) is 13.0. The van der Waals surface area contributed by atoms with Gasteiger partial charge in [-0.1, -0.05) is 0 Å². The van der Waals surface area contributed by atoms with Gasteiger partial charge < -0.3 is 0 Å². The molecule has 4 nitrogen and oxygen atoms in total. The van der Waals surface area contributed by atoms with E-state index in [1.54, 1.807) is 0 Å². The largest absolute Gasteiger partial charge is 0.417 e. The van der Waals surface area contributed by atoms with E-state index in [9.17, 15) is 13.2 Å². The van der Waals surface area contributed by atoms with E-state index in [0.29, 0.717) is 6.07 Å². The predicted octanol–water partition coefficient (Wildman–Crippen LogP) is 2.19. The Kier molecular flexibility index (Phi) is 3.23. The van der Waals surface area contributed by atoms with Crippen molar-refractivity contribution < 1.29 is 13.2 Å². The summed E-state index contributed by atoms with van der Waals surface area (Å²) in [5.74, 6) is 0. The minimum absolute atomic E-state index is 0.401. The minimum atomic E-state index is -4.88. The standard InChI is InChI=1S/C11HF3N4/c12-11(13,14)10-1-6(2-15)7(3-16)8(4-17)9(10)5-18/h1H. The van der Waals surface area contributed by atoms with Gasteiger partial charge in [0.1, 0.15) is 24.3 Å². The van der Waals surface area contributed by atoms with Crippen molar-refractivity contribution in [1.29, 1.82) is 21.0 Å². The van der Waals surface area contributed by atoms with Crippen LogP contribution in [0.1, 0.15) is 27.8 Å². The summed E-state index contributed by atoms with van der Waals surface area (Å²) in [5, 5.41) is 34.8. The van der Waals surface area contributed by atoms with Crippen LogP contribution in [0.2, 0.25) is 0 Å². The normalized spacial score (nSPS) is 9.72. The summed E-state index contributed by atoms with van der Waals surface area (Å²) >= 11 is 0. The number of rotatable bonds is 0. The van der Waals surface area contributed by atoms with Gasteiger partial charge in [0.15, 0.2) is 0 Å². The summed E-state index contributed by atoms with van der Waals surface area (Å²) in [6.07, 6.45) is -4.88. The second-order valence-corrected chi connectivity index (χ2v) is 3.04. The average Bonchev–Trinajstić information content (AvgIpc) is 2.34. The van der Waals surface area contributed by atoms with E-state index in [1.165, 1.54) is 24.3 Å². The van der Waals surface area contributed by atoms with Crippen LogP contribution in [-0.4, -0.2) is 0 Å². The lowest BCUT2D eigenvalue weighted by molar-refractivity contribution is -0.137. The van der Waals surface area contributed by atoms with Gasteiger partial charge >= 0.3 is 6.18 Å². The van der Waals surface area contributed by atoms with E-state index in [0.717, 1.165) is 0 Å². The van der Waals surface area contributed by atoms with Crippen LogP contribution < -0.4 is 0 Å². The maximum absolute atomic E-state index is 12.7. The third-order valence-corrected chi connectivity index (χ3v) is 2.09. The fourth-order valence-corrected chi connectivity index (χ4v) is 1.34. The number of benzene rings is 1. The first-order valence-corrected chi connectivity index (χ1v) is 4.29. The molecule has 18 heavy (non-hydrogen) atoms. The second-order valence-electron chi connectivity index (χ2n) is 3.04. The number of nitriles is 4. The molecular weight excluding hydrogens is 245 g/mol. The molecule has 0 heterocycles. The van der Waals surface area contributed by atoms with Crippen LogP contribution in [0.5, 0.6) is 0 Å². The molecule has 0 N–H and O–H groups in total. The highest BCUT2D eigenvalue weighted by atomic mass is 19.4. The highest BCUT2D eigenvalue weighted by molar-refractivity contribution is 5.64. The van der Waals surface area contributed by atoms with Crippen molar-refractivity contribution in [3.05, 3.63) is 33.9 Å². The lowest BCUT2D eigenvalue weighted by atomic mass is 9.93. The Bertz CT molecular complexity index is 675. The summed E-state index contributed by atoms with van der Waals surface area (Å²) < 4.78 is 38.0. The first-order valence-electron chi connectivity index (χ1n) is 4.29. The molecule has 0 saturated heterocycles. The highest BCUT2D eigenvalue weighted by Crippen LogP contribution is 2.35. The van der Waals surface area contributed by atoms with Gasteiger partial charge in [-0.25, -0.2) is 0 Å². The van der Waals surface area contributed by atoms with E-state index in [-0.39, 0.29) is 0 Å².